The quantitative estimate of drug-likeness (QED) is 0.754. The first kappa shape index (κ1) is 17.6. The first-order chi connectivity index (χ1) is 12.0. The van der Waals surface area contributed by atoms with Gasteiger partial charge in [0.2, 0.25) is 10.0 Å². The smallest absolute Gasteiger partial charge is 0.307 e. The van der Waals surface area contributed by atoms with Gasteiger partial charge in [-0.1, -0.05) is 42.5 Å². The van der Waals surface area contributed by atoms with E-state index in [0.717, 1.165) is 11.1 Å². The fourth-order valence-electron chi connectivity index (χ4n) is 2.96. The lowest BCUT2D eigenvalue weighted by Gasteiger charge is -2.28. The molecule has 0 radical (unpaired) electrons. The Hall–Kier alpha value is -2.22. The van der Waals surface area contributed by atoms with Crippen molar-refractivity contribution in [3.63, 3.8) is 0 Å². The predicted octanol–water partition coefficient (Wildman–Crippen LogP) is 1.69. The first-order valence-electron chi connectivity index (χ1n) is 8.07. The maximum atomic E-state index is 12.5. The highest BCUT2D eigenvalue weighted by atomic mass is 32.2. The van der Waals surface area contributed by atoms with Crippen LogP contribution in [0.4, 0.5) is 0 Å². The third-order valence-electron chi connectivity index (χ3n) is 4.29. The minimum absolute atomic E-state index is 0.171. The summed E-state index contributed by atoms with van der Waals surface area (Å²) in [6.45, 7) is 0.782. The van der Waals surface area contributed by atoms with Crippen molar-refractivity contribution in [1.82, 2.24) is 10.0 Å². The largest absolute Gasteiger partial charge is 0.481 e. The number of nitrogens with one attached hydrogen (secondary N) is 2. The van der Waals surface area contributed by atoms with Crippen molar-refractivity contribution in [3.05, 3.63) is 54.6 Å². The highest BCUT2D eigenvalue weighted by molar-refractivity contribution is 7.89. The summed E-state index contributed by atoms with van der Waals surface area (Å²) in [7, 11) is -3.69. The molecule has 2 atom stereocenters. The topological polar surface area (TPSA) is 95.5 Å². The van der Waals surface area contributed by atoms with Crippen LogP contribution in [0.2, 0.25) is 0 Å². The zero-order valence-corrected chi connectivity index (χ0v) is 14.4. The number of aliphatic carboxylic acids is 1. The van der Waals surface area contributed by atoms with Gasteiger partial charge in [-0.2, -0.15) is 0 Å². The van der Waals surface area contributed by atoms with Gasteiger partial charge in [0, 0.05) is 19.1 Å². The Morgan fingerprint density at radius 2 is 1.64 bits per heavy atom. The molecule has 0 bridgehead atoms. The predicted molar refractivity (Wildman–Crippen MR) is 94.6 cm³/mol. The fraction of sp³-hybridized carbons (Fsp3) is 0.278. The molecule has 0 aromatic heterocycles. The van der Waals surface area contributed by atoms with Crippen molar-refractivity contribution in [2.75, 3.05) is 13.1 Å². The maximum Gasteiger partial charge on any atom is 0.307 e. The van der Waals surface area contributed by atoms with Crippen LogP contribution in [0.5, 0.6) is 0 Å². The van der Waals surface area contributed by atoms with Crippen LogP contribution in [0.25, 0.3) is 11.1 Å². The van der Waals surface area contributed by atoms with Crippen molar-refractivity contribution >= 4 is 16.0 Å². The monoisotopic (exact) mass is 360 g/mol. The van der Waals surface area contributed by atoms with Gasteiger partial charge in [-0.05, 0) is 29.7 Å². The number of hydrogen-bond donors (Lipinski definition) is 3. The molecule has 0 saturated carbocycles. The van der Waals surface area contributed by atoms with Crippen LogP contribution < -0.4 is 10.0 Å². The molecular formula is C18H20N2O4S. The van der Waals surface area contributed by atoms with Gasteiger partial charge >= 0.3 is 5.97 Å². The van der Waals surface area contributed by atoms with Crippen molar-refractivity contribution < 1.29 is 18.3 Å². The molecule has 0 amide bonds. The van der Waals surface area contributed by atoms with E-state index in [1.165, 1.54) is 0 Å². The Morgan fingerprint density at radius 1 is 1.00 bits per heavy atom. The average molecular weight is 360 g/mol. The summed E-state index contributed by atoms with van der Waals surface area (Å²) in [5.74, 6) is -1.49. The van der Waals surface area contributed by atoms with Gasteiger partial charge in [0.25, 0.3) is 0 Å². The molecule has 1 fully saturated rings. The van der Waals surface area contributed by atoms with E-state index in [1.54, 1.807) is 24.3 Å². The molecule has 0 spiro atoms. The Morgan fingerprint density at radius 3 is 2.28 bits per heavy atom. The van der Waals surface area contributed by atoms with Gasteiger partial charge in [-0.15, -0.1) is 0 Å². The number of benzene rings is 2. The van der Waals surface area contributed by atoms with E-state index in [0.29, 0.717) is 13.1 Å². The van der Waals surface area contributed by atoms with Crippen LogP contribution in [-0.4, -0.2) is 38.6 Å². The van der Waals surface area contributed by atoms with Gasteiger partial charge < -0.3 is 10.4 Å². The van der Waals surface area contributed by atoms with E-state index in [2.05, 4.69) is 10.0 Å². The molecule has 7 heteroatoms. The number of sulfonamides is 1. The molecule has 3 N–H and O–H groups in total. The Bertz CT molecular complexity index is 835. The Kier molecular flexibility index (Phi) is 5.17. The second kappa shape index (κ2) is 7.35. The second-order valence-corrected chi connectivity index (χ2v) is 7.85. The molecule has 25 heavy (non-hydrogen) atoms. The summed E-state index contributed by atoms with van der Waals surface area (Å²) < 4.78 is 27.7. The van der Waals surface area contributed by atoms with Crippen molar-refractivity contribution in [1.29, 1.82) is 0 Å². The van der Waals surface area contributed by atoms with Crippen LogP contribution in [-0.2, 0) is 14.8 Å². The first-order valence-corrected chi connectivity index (χ1v) is 9.55. The van der Waals surface area contributed by atoms with Gasteiger partial charge in [0.1, 0.15) is 0 Å². The van der Waals surface area contributed by atoms with Gasteiger partial charge in [0.05, 0.1) is 10.8 Å². The van der Waals surface area contributed by atoms with E-state index in [1.807, 2.05) is 30.3 Å². The number of carboxylic acids is 1. The summed E-state index contributed by atoms with van der Waals surface area (Å²) in [5.41, 5.74) is 1.95. The molecule has 2 aromatic rings. The maximum absolute atomic E-state index is 12.5. The fourth-order valence-corrected chi connectivity index (χ4v) is 4.21. The molecule has 1 aliphatic rings. The van der Waals surface area contributed by atoms with Gasteiger partial charge in [0.15, 0.2) is 0 Å². The van der Waals surface area contributed by atoms with Crippen LogP contribution >= 0.6 is 0 Å². The number of piperidine rings is 1. The molecule has 6 nitrogen and oxygen atoms in total. The zero-order valence-electron chi connectivity index (χ0n) is 13.6. The Labute approximate surface area is 146 Å². The van der Waals surface area contributed by atoms with Crippen LogP contribution in [0, 0.1) is 5.92 Å². The highest BCUT2D eigenvalue weighted by Gasteiger charge is 2.29. The SMILES string of the molecule is O=C(O)C1CNCC(NS(=O)(=O)c2ccc(-c3ccccc3)cc2)C1. The zero-order chi connectivity index (χ0) is 17.9. The minimum atomic E-state index is -3.69. The average Bonchev–Trinajstić information content (AvgIpc) is 2.62. The van der Waals surface area contributed by atoms with E-state index in [4.69, 9.17) is 5.11 Å². The molecular weight excluding hydrogens is 340 g/mol. The van der Waals surface area contributed by atoms with E-state index in [9.17, 15) is 13.2 Å². The highest BCUT2D eigenvalue weighted by Crippen LogP contribution is 2.21. The van der Waals surface area contributed by atoms with Crippen LogP contribution in [0.1, 0.15) is 6.42 Å². The summed E-state index contributed by atoms with van der Waals surface area (Å²) in [5, 5.41) is 12.1. The standard InChI is InChI=1S/C18H20N2O4S/c21-18(22)15-10-16(12-19-11-15)20-25(23,24)17-8-6-14(7-9-17)13-4-2-1-3-5-13/h1-9,15-16,19-20H,10-12H2,(H,21,22). The van der Waals surface area contributed by atoms with E-state index < -0.39 is 28.0 Å². The molecule has 1 heterocycles. The summed E-state index contributed by atoms with van der Waals surface area (Å²) in [6, 6.07) is 15.9. The third kappa shape index (κ3) is 4.25. The van der Waals surface area contributed by atoms with Crippen LogP contribution in [0.15, 0.2) is 59.5 Å². The van der Waals surface area contributed by atoms with Crippen molar-refractivity contribution in [2.45, 2.75) is 17.4 Å². The Balaban J connectivity index is 1.73. The molecule has 1 aliphatic heterocycles. The van der Waals surface area contributed by atoms with E-state index in [-0.39, 0.29) is 11.3 Å². The molecule has 2 unspecified atom stereocenters. The summed E-state index contributed by atoms with van der Waals surface area (Å²) in [6.07, 6.45) is 0.281. The number of rotatable bonds is 5. The molecule has 1 saturated heterocycles. The summed E-state index contributed by atoms with van der Waals surface area (Å²) >= 11 is 0. The molecule has 0 aliphatic carbocycles. The van der Waals surface area contributed by atoms with Crippen molar-refractivity contribution in [2.24, 2.45) is 5.92 Å². The van der Waals surface area contributed by atoms with E-state index >= 15 is 0 Å². The third-order valence-corrected chi connectivity index (χ3v) is 5.83. The lowest BCUT2D eigenvalue weighted by atomic mass is 9.97. The normalized spacial score (nSPS) is 21.0. The minimum Gasteiger partial charge on any atom is -0.481 e. The van der Waals surface area contributed by atoms with Gasteiger partial charge in [-0.3, -0.25) is 4.79 Å². The lowest BCUT2D eigenvalue weighted by Crippen LogP contribution is -2.50. The number of hydrogen-bond acceptors (Lipinski definition) is 4. The van der Waals surface area contributed by atoms with Crippen LogP contribution in [0.3, 0.4) is 0 Å². The number of carbonyl (C=O) groups is 1. The van der Waals surface area contributed by atoms with Crippen molar-refractivity contribution in [3.8, 4) is 11.1 Å². The molecule has 132 valence electrons. The molecule has 3 rings (SSSR count). The lowest BCUT2D eigenvalue weighted by molar-refractivity contribution is -0.142. The molecule has 2 aromatic carbocycles. The number of carboxylic acid groups (broad SMARTS) is 1. The second-order valence-electron chi connectivity index (χ2n) is 6.14. The summed E-state index contributed by atoms with van der Waals surface area (Å²) in [4.78, 5) is 11.3. The van der Waals surface area contributed by atoms with Gasteiger partial charge in [-0.25, -0.2) is 13.1 Å².